The Balaban J connectivity index is 2.04. The fraction of sp³-hybridized carbons (Fsp3) is 0.562. The standard InChI is InChI=1S/C16H23ClN2O2/c1-16(2)8-5-9-18-14(16)15(20)19-10-11-12(17)6-4-7-13(11)21-3/h4,6-7,14,18H,5,8-10H2,1-3H3,(H,19,20). The Hall–Kier alpha value is -1.26. The second kappa shape index (κ2) is 6.67. The van der Waals surface area contributed by atoms with E-state index in [-0.39, 0.29) is 17.4 Å². The van der Waals surface area contributed by atoms with Gasteiger partial charge in [-0.3, -0.25) is 4.79 Å². The van der Waals surface area contributed by atoms with Crippen LogP contribution in [0.5, 0.6) is 5.75 Å². The van der Waals surface area contributed by atoms with Gasteiger partial charge >= 0.3 is 0 Å². The first-order chi connectivity index (χ1) is 9.95. The molecule has 4 nitrogen and oxygen atoms in total. The van der Waals surface area contributed by atoms with Gasteiger partial charge in [-0.05, 0) is 36.9 Å². The molecule has 1 unspecified atom stereocenters. The summed E-state index contributed by atoms with van der Waals surface area (Å²) in [7, 11) is 1.60. The van der Waals surface area contributed by atoms with Crippen LogP contribution in [0, 0.1) is 5.41 Å². The Morgan fingerprint density at radius 2 is 2.29 bits per heavy atom. The molecule has 21 heavy (non-hydrogen) atoms. The maximum atomic E-state index is 12.4. The van der Waals surface area contributed by atoms with E-state index in [1.165, 1.54) is 0 Å². The highest BCUT2D eigenvalue weighted by Crippen LogP contribution is 2.30. The van der Waals surface area contributed by atoms with Gasteiger partial charge in [0.05, 0.1) is 13.2 Å². The molecule has 0 bridgehead atoms. The maximum absolute atomic E-state index is 12.4. The molecule has 1 fully saturated rings. The van der Waals surface area contributed by atoms with E-state index in [0.717, 1.165) is 24.9 Å². The molecule has 1 amide bonds. The van der Waals surface area contributed by atoms with Crippen molar-refractivity contribution in [3.63, 3.8) is 0 Å². The Morgan fingerprint density at radius 1 is 1.52 bits per heavy atom. The van der Waals surface area contributed by atoms with Crippen LogP contribution in [0.2, 0.25) is 5.02 Å². The monoisotopic (exact) mass is 310 g/mol. The van der Waals surface area contributed by atoms with Crippen molar-refractivity contribution in [2.45, 2.75) is 39.3 Å². The van der Waals surface area contributed by atoms with E-state index in [1.807, 2.05) is 12.1 Å². The summed E-state index contributed by atoms with van der Waals surface area (Å²) in [6.45, 7) is 5.51. The zero-order valence-corrected chi connectivity index (χ0v) is 13.6. The third kappa shape index (κ3) is 3.69. The minimum Gasteiger partial charge on any atom is -0.496 e. The number of carbonyl (C=O) groups is 1. The van der Waals surface area contributed by atoms with Crippen molar-refractivity contribution in [3.05, 3.63) is 28.8 Å². The van der Waals surface area contributed by atoms with Crippen LogP contribution in [0.25, 0.3) is 0 Å². The zero-order chi connectivity index (χ0) is 15.5. The average molecular weight is 311 g/mol. The SMILES string of the molecule is COc1cccc(Cl)c1CNC(=O)C1NCCCC1(C)C. The summed E-state index contributed by atoms with van der Waals surface area (Å²) in [6.07, 6.45) is 2.16. The minimum absolute atomic E-state index is 0.0154. The lowest BCUT2D eigenvalue weighted by molar-refractivity contribution is -0.126. The van der Waals surface area contributed by atoms with Gasteiger partial charge in [-0.2, -0.15) is 0 Å². The van der Waals surface area contributed by atoms with E-state index in [9.17, 15) is 4.79 Å². The van der Waals surface area contributed by atoms with Crippen molar-refractivity contribution in [3.8, 4) is 5.75 Å². The van der Waals surface area contributed by atoms with Crippen LogP contribution in [0.3, 0.4) is 0 Å². The molecule has 1 atom stereocenters. The summed E-state index contributed by atoms with van der Waals surface area (Å²) in [5.41, 5.74) is 0.774. The number of carbonyl (C=O) groups excluding carboxylic acids is 1. The molecule has 2 rings (SSSR count). The number of hydrogen-bond donors (Lipinski definition) is 2. The number of rotatable bonds is 4. The molecule has 0 aliphatic carbocycles. The molecule has 1 saturated heterocycles. The molecular formula is C16H23ClN2O2. The summed E-state index contributed by atoms with van der Waals surface area (Å²) in [5, 5.41) is 6.89. The van der Waals surface area contributed by atoms with E-state index in [1.54, 1.807) is 13.2 Å². The number of benzene rings is 1. The van der Waals surface area contributed by atoms with Gasteiger partial charge in [-0.25, -0.2) is 0 Å². The number of nitrogens with one attached hydrogen (secondary N) is 2. The minimum atomic E-state index is -0.167. The van der Waals surface area contributed by atoms with E-state index >= 15 is 0 Å². The molecular weight excluding hydrogens is 288 g/mol. The Labute approximate surface area is 131 Å². The summed E-state index contributed by atoms with van der Waals surface area (Å²) >= 11 is 6.19. The molecule has 2 N–H and O–H groups in total. The first-order valence-electron chi connectivity index (χ1n) is 7.28. The normalized spacial score (nSPS) is 20.9. The maximum Gasteiger partial charge on any atom is 0.237 e. The van der Waals surface area contributed by atoms with Gasteiger partial charge in [-0.1, -0.05) is 31.5 Å². The molecule has 1 aliphatic rings. The zero-order valence-electron chi connectivity index (χ0n) is 12.8. The van der Waals surface area contributed by atoms with Gasteiger partial charge < -0.3 is 15.4 Å². The largest absolute Gasteiger partial charge is 0.496 e. The predicted octanol–water partition coefficient (Wildman–Crippen LogP) is 2.74. The van der Waals surface area contributed by atoms with Crippen LogP contribution in [-0.4, -0.2) is 25.6 Å². The third-order valence-electron chi connectivity index (χ3n) is 4.13. The van der Waals surface area contributed by atoms with E-state index < -0.39 is 0 Å². The van der Waals surface area contributed by atoms with Gasteiger partial charge in [-0.15, -0.1) is 0 Å². The van der Waals surface area contributed by atoms with Crippen LogP contribution in [0.15, 0.2) is 18.2 Å². The summed E-state index contributed by atoms with van der Waals surface area (Å²) in [6, 6.07) is 5.31. The first kappa shape index (κ1) is 16.1. The Bertz CT molecular complexity index is 517. The van der Waals surface area contributed by atoms with Crippen LogP contribution >= 0.6 is 11.6 Å². The highest BCUT2D eigenvalue weighted by Gasteiger charge is 2.36. The second-order valence-corrected chi connectivity index (χ2v) is 6.52. The molecule has 1 aliphatic heterocycles. The number of hydrogen-bond acceptors (Lipinski definition) is 3. The lowest BCUT2D eigenvalue weighted by Gasteiger charge is -2.38. The highest BCUT2D eigenvalue weighted by molar-refractivity contribution is 6.31. The van der Waals surface area contributed by atoms with Crippen LogP contribution in [0.4, 0.5) is 0 Å². The summed E-state index contributed by atoms with van der Waals surface area (Å²) in [4.78, 5) is 12.4. The van der Waals surface area contributed by atoms with Crippen LogP contribution in [0.1, 0.15) is 32.3 Å². The highest BCUT2D eigenvalue weighted by atomic mass is 35.5. The van der Waals surface area contributed by atoms with Crippen molar-refractivity contribution in [1.29, 1.82) is 0 Å². The quantitative estimate of drug-likeness (QED) is 0.899. The Kier molecular flexibility index (Phi) is 5.12. The first-order valence-corrected chi connectivity index (χ1v) is 7.66. The van der Waals surface area contributed by atoms with Crippen LogP contribution in [-0.2, 0) is 11.3 Å². The average Bonchev–Trinajstić information content (AvgIpc) is 2.45. The fourth-order valence-corrected chi connectivity index (χ4v) is 3.07. The second-order valence-electron chi connectivity index (χ2n) is 6.12. The van der Waals surface area contributed by atoms with Gasteiger partial charge in [0.2, 0.25) is 5.91 Å². The number of ether oxygens (including phenoxy) is 1. The summed E-state index contributed by atoms with van der Waals surface area (Å²) < 4.78 is 5.29. The molecule has 1 aromatic rings. The molecule has 0 radical (unpaired) electrons. The van der Waals surface area contributed by atoms with E-state index in [0.29, 0.717) is 17.3 Å². The van der Waals surface area contributed by atoms with Crippen molar-refractivity contribution in [1.82, 2.24) is 10.6 Å². The van der Waals surface area contributed by atoms with Crippen molar-refractivity contribution in [2.24, 2.45) is 5.41 Å². The Morgan fingerprint density at radius 3 is 2.95 bits per heavy atom. The smallest absolute Gasteiger partial charge is 0.237 e. The van der Waals surface area contributed by atoms with Gasteiger partial charge in [0, 0.05) is 17.1 Å². The van der Waals surface area contributed by atoms with Gasteiger partial charge in [0.15, 0.2) is 0 Å². The predicted molar refractivity (Wildman–Crippen MR) is 84.7 cm³/mol. The molecule has 1 aromatic carbocycles. The number of halogens is 1. The number of piperidine rings is 1. The van der Waals surface area contributed by atoms with Crippen molar-refractivity contribution in [2.75, 3.05) is 13.7 Å². The van der Waals surface area contributed by atoms with E-state index in [2.05, 4.69) is 24.5 Å². The summed E-state index contributed by atoms with van der Waals surface area (Å²) in [5.74, 6) is 0.709. The molecule has 5 heteroatoms. The lowest BCUT2D eigenvalue weighted by Crippen LogP contribution is -2.55. The third-order valence-corrected chi connectivity index (χ3v) is 4.48. The molecule has 116 valence electrons. The van der Waals surface area contributed by atoms with Gasteiger partial charge in [0.25, 0.3) is 0 Å². The van der Waals surface area contributed by atoms with Gasteiger partial charge in [0.1, 0.15) is 5.75 Å². The van der Waals surface area contributed by atoms with Crippen molar-refractivity contribution < 1.29 is 9.53 Å². The number of amides is 1. The van der Waals surface area contributed by atoms with Crippen molar-refractivity contribution >= 4 is 17.5 Å². The molecule has 0 spiro atoms. The van der Waals surface area contributed by atoms with E-state index in [4.69, 9.17) is 16.3 Å². The topological polar surface area (TPSA) is 50.4 Å². The molecule has 0 saturated carbocycles. The number of methoxy groups -OCH3 is 1. The molecule has 0 aromatic heterocycles. The lowest BCUT2D eigenvalue weighted by atomic mass is 9.77. The molecule has 1 heterocycles. The van der Waals surface area contributed by atoms with Crippen LogP contribution < -0.4 is 15.4 Å². The fourth-order valence-electron chi connectivity index (χ4n) is 2.84.